The molecule has 5 nitrogen and oxygen atoms in total. The van der Waals surface area contributed by atoms with E-state index in [0.717, 1.165) is 4.88 Å². The first-order valence-corrected chi connectivity index (χ1v) is 8.16. The average Bonchev–Trinajstić information content (AvgIpc) is 2.97. The van der Waals surface area contributed by atoms with Gasteiger partial charge in [0.25, 0.3) is 0 Å². The van der Waals surface area contributed by atoms with Crippen molar-refractivity contribution in [3.63, 3.8) is 0 Å². The topological polar surface area (TPSA) is 49.9 Å². The Hall–Kier alpha value is -1.56. The summed E-state index contributed by atoms with van der Waals surface area (Å²) in [6.07, 6.45) is 0.184. The van der Waals surface area contributed by atoms with Crippen molar-refractivity contribution in [3.05, 3.63) is 22.4 Å². The maximum Gasteiger partial charge on any atom is 0.409 e. The van der Waals surface area contributed by atoms with Gasteiger partial charge in [-0.25, -0.2) is 4.79 Å². The van der Waals surface area contributed by atoms with Crippen molar-refractivity contribution in [1.29, 1.82) is 0 Å². The number of nitrogens with zero attached hydrogens (tertiary/aromatic N) is 2. The molecule has 116 valence electrons. The van der Waals surface area contributed by atoms with Crippen molar-refractivity contribution in [2.45, 2.75) is 20.3 Å². The fraction of sp³-hybridized carbons (Fsp3) is 0.600. The van der Waals surface area contributed by atoms with Gasteiger partial charge in [-0.3, -0.25) is 4.79 Å². The molecule has 2 amide bonds. The summed E-state index contributed by atoms with van der Waals surface area (Å²) in [5.74, 6) is 0.468. The quantitative estimate of drug-likeness (QED) is 0.857. The molecule has 21 heavy (non-hydrogen) atoms. The first-order valence-electron chi connectivity index (χ1n) is 7.28. The van der Waals surface area contributed by atoms with Crippen LogP contribution in [0.1, 0.15) is 18.7 Å². The second-order valence-electron chi connectivity index (χ2n) is 5.59. The Morgan fingerprint density at radius 3 is 2.48 bits per heavy atom. The molecular weight excluding hydrogens is 288 g/mol. The van der Waals surface area contributed by atoms with Crippen LogP contribution in [0.5, 0.6) is 0 Å². The van der Waals surface area contributed by atoms with E-state index in [-0.39, 0.29) is 12.0 Å². The lowest BCUT2D eigenvalue weighted by Crippen LogP contribution is -2.51. The third-order valence-corrected chi connectivity index (χ3v) is 4.21. The summed E-state index contributed by atoms with van der Waals surface area (Å²) in [6, 6.07) is 3.93. The Bertz CT molecular complexity index is 465. The number of piperazine rings is 1. The highest BCUT2D eigenvalue weighted by Crippen LogP contribution is 2.12. The number of rotatable bonds is 4. The molecule has 2 rings (SSSR count). The lowest BCUT2D eigenvalue weighted by molar-refractivity contribution is -0.132. The number of thiophene rings is 1. The molecule has 1 aliphatic rings. The van der Waals surface area contributed by atoms with E-state index in [0.29, 0.717) is 45.1 Å². The zero-order valence-corrected chi connectivity index (χ0v) is 13.4. The van der Waals surface area contributed by atoms with Crippen LogP contribution in [0.3, 0.4) is 0 Å². The van der Waals surface area contributed by atoms with Gasteiger partial charge in [0, 0.05) is 31.1 Å². The minimum Gasteiger partial charge on any atom is -0.449 e. The van der Waals surface area contributed by atoms with Crippen molar-refractivity contribution >= 4 is 23.3 Å². The predicted molar refractivity (Wildman–Crippen MR) is 82.4 cm³/mol. The van der Waals surface area contributed by atoms with E-state index in [1.54, 1.807) is 16.2 Å². The molecular formula is C15H22N2O3S. The van der Waals surface area contributed by atoms with Crippen LogP contribution >= 0.6 is 11.3 Å². The zero-order valence-electron chi connectivity index (χ0n) is 12.6. The fourth-order valence-electron chi connectivity index (χ4n) is 2.14. The maximum absolute atomic E-state index is 12.2. The number of hydrogen-bond acceptors (Lipinski definition) is 4. The van der Waals surface area contributed by atoms with Crippen LogP contribution in [0, 0.1) is 5.92 Å². The smallest absolute Gasteiger partial charge is 0.409 e. The molecule has 0 saturated carbocycles. The first kappa shape index (κ1) is 15.8. The second-order valence-corrected chi connectivity index (χ2v) is 6.63. The molecule has 0 radical (unpaired) electrons. The number of carbonyl (C=O) groups is 2. The van der Waals surface area contributed by atoms with Crippen molar-refractivity contribution in [3.8, 4) is 0 Å². The largest absolute Gasteiger partial charge is 0.449 e. The minimum absolute atomic E-state index is 0.132. The highest BCUT2D eigenvalue weighted by Gasteiger charge is 2.25. The Morgan fingerprint density at radius 1 is 1.24 bits per heavy atom. The summed E-state index contributed by atoms with van der Waals surface area (Å²) in [6.45, 7) is 6.72. The fourth-order valence-corrected chi connectivity index (χ4v) is 2.84. The van der Waals surface area contributed by atoms with Crippen LogP contribution in [0.25, 0.3) is 0 Å². The summed E-state index contributed by atoms with van der Waals surface area (Å²) >= 11 is 1.60. The SMILES string of the molecule is CC(C)COC(=O)N1CCN(C(=O)Cc2cccs2)CC1. The molecule has 0 bridgehead atoms. The van der Waals surface area contributed by atoms with Gasteiger partial charge in [-0.2, -0.15) is 0 Å². The molecule has 6 heteroatoms. The lowest BCUT2D eigenvalue weighted by Gasteiger charge is -2.34. The van der Waals surface area contributed by atoms with Gasteiger partial charge in [-0.1, -0.05) is 19.9 Å². The van der Waals surface area contributed by atoms with E-state index in [1.807, 2.05) is 36.3 Å². The van der Waals surface area contributed by atoms with E-state index >= 15 is 0 Å². The number of carbonyl (C=O) groups excluding carboxylic acids is 2. The zero-order chi connectivity index (χ0) is 15.2. The summed E-state index contributed by atoms with van der Waals surface area (Å²) < 4.78 is 5.21. The van der Waals surface area contributed by atoms with Crippen LogP contribution < -0.4 is 0 Å². The Balaban J connectivity index is 1.75. The Morgan fingerprint density at radius 2 is 1.90 bits per heavy atom. The molecule has 0 atom stereocenters. The van der Waals surface area contributed by atoms with E-state index in [4.69, 9.17) is 4.74 Å². The lowest BCUT2D eigenvalue weighted by atomic mass is 10.2. The van der Waals surface area contributed by atoms with Gasteiger partial charge < -0.3 is 14.5 Å². The van der Waals surface area contributed by atoms with E-state index in [2.05, 4.69) is 0 Å². The van der Waals surface area contributed by atoms with Crippen LogP contribution in [0.4, 0.5) is 4.79 Å². The molecule has 0 spiro atoms. The monoisotopic (exact) mass is 310 g/mol. The standard InChI is InChI=1S/C15H22N2O3S/c1-12(2)11-20-15(19)17-7-5-16(6-8-17)14(18)10-13-4-3-9-21-13/h3-4,9,12H,5-8,10-11H2,1-2H3. The number of hydrogen-bond donors (Lipinski definition) is 0. The Kier molecular flexibility index (Phi) is 5.61. The van der Waals surface area contributed by atoms with Crippen molar-refractivity contribution in [1.82, 2.24) is 9.80 Å². The van der Waals surface area contributed by atoms with E-state index in [1.165, 1.54) is 0 Å². The normalized spacial score (nSPS) is 15.4. The number of amides is 2. The van der Waals surface area contributed by atoms with E-state index in [9.17, 15) is 9.59 Å². The van der Waals surface area contributed by atoms with Crippen LogP contribution in [0.15, 0.2) is 17.5 Å². The van der Waals surface area contributed by atoms with Gasteiger partial charge in [0.2, 0.25) is 5.91 Å². The third-order valence-electron chi connectivity index (χ3n) is 3.34. The van der Waals surface area contributed by atoms with Crippen molar-refractivity contribution < 1.29 is 14.3 Å². The van der Waals surface area contributed by atoms with Gasteiger partial charge in [-0.15, -0.1) is 11.3 Å². The van der Waals surface area contributed by atoms with Gasteiger partial charge in [0.1, 0.15) is 0 Å². The summed E-state index contributed by atoms with van der Waals surface area (Å²) in [7, 11) is 0. The molecule has 0 unspecified atom stereocenters. The molecule has 1 fully saturated rings. The van der Waals surface area contributed by atoms with Gasteiger partial charge >= 0.3 is 6.09 Å². The molecule has 0 aromatic carbocycles. The molecule has 0 N–H and O–H groups in total. The average molecular weight is 310 g/mol. The minimum atomic E-state index is -0.269. The molecule has 1 aliphatic heterocycles. The van der Waals surface area contributed by atoms with Gasteiger partial charge in [0.05, 0.1) is 13.0 Å². The molecule has 2 heterocycles. The highest BCUT2D eigenvalue weighted by molar-refractivity contribution is 7.10. The maximum atomic E-state index is 12.2. The van der Waals surface area contributed by atoms with Crippen LogP contribution in [0.2, 0.25) is 0 Å². The predicted octanol–water partition coefficient (Wildman–Crippen LogP) is 2.23. The van der Waals surface area contributed by atoms with Gasteiger partial charge in [0.15, 0.2) is 0 Å². The summed E-state index contributed by atoms with van der Waals surface area (Å²) in [4.78, 5) is 28.6. The number of ether oxygens (including phenoxy) is 1. The summed E-state index contributed by atoms with van der Waals surface area (Å²) in [5, 5.41) is 1.98. The molecule has 1 aromatic rings. The molecule has 1 saturated heterocycles. The van der Waals surface area contributed by atoms with Crippen molar-refractivity contribution in [2.24, 2.45) is 5.92 Å². The Labute approximate surface area is 129 Å². The molecule has 0 aliphatic carbocycles. The van der Waals surface area contributed by atoms with Crippen LogP contribution in [-0.2, 0) is 16.0 Å². The summed E-state index contributed by atoms with van der Waals surface area (Å²) in [5.41, 5.74) is 0. The second kappa shape index (κ2) is 7.45. The van der Waals surface area contributed by atoms with Gasteiger partial charge in [-0.05, 0) is 17.4 Å². The van der Waals surface area contributed by atoms with Crippen LogP contribution in [-0.4, -0.2) is 54.6 Å². The first-order chi connectivity index (χ1) is 10.1. The van der Waals surface area contributed by atoms with Crippen molar-refractivity contribution in [2.75, 3.05) is 32.8 Å². The highest BCUT2D eigenvalue weighted by atomic mass is 32.1. The molecule has 1 aromatic heterocycles. The van der Waals surface area contributed by atoms with E-state index < -0.39 is 0 Å². The third kappa shape index (κ3) is 4.74.